The fourth-order valence-corrected chi connectivity index (χ4v) is 3.74. The molecule has 8 heteroatoms. The minimum atomic E-state index is -0.291. The maximum atomic E-state index is 12.6. The summed E-state index contributed by atoms with van der Waals surface area (Å²) in [5.41, 5.74) is 1.66. The van der Waals surface area contributed by atoms with Gasteiger partial charge in [0.25, 0.3) is 5.91 Å². The Hall–Kier alpha value is -3.39. The van der Waals surface area contributed by atoms with Gasteiger partial charge in [0.15, 0.2) is 5.76 Å². The summed E-state index contributed by atoms with van der Waals surface area (Å²) in [4.78, 5) is 31.3. The first kappa shape index (κ1) is 20.9. The molecule has 2 N–H and O–H groups in total. The molecule has 0 unspecified atom stereocenters. The Morgan fingerprint density at radius 2 is 1.94 bits per heavy atom. The van der Waals surface area contributed by atoms with Crippen LogP contribution < -0.4 is 10.6 Å². The lowest BCUT2D eigenvalue weighted by Crippen LogP contribution is -2.40. The van der Waals surface area contributed by atoms with Gasteiger partial charge in [0.05, 0.1) is 12.8 Å². The quantitative estimate of drug-likeness (QED) is 0.612. The third-order valence-corrected chi connectivity index (χ3v) is 5.67. The zero-order valence-corrected chi connectivity index (χ0v) is 17.6. The van der Waals surface area contributed by atoms with Gasteiger partial charge in [0.1, 0.15) is 5.82 Å². The van der Waals surface area contributed by atoms with Crippen LogP contribution in [0.25, 0.3) is 0 Å². The van der Waals surface area contributed by atoms with Crippen LogP contribution >= 0.6 is 0 Å². The molecule has 1 aliphatic heterocycles. The van der Waals surface area contributed by atoms with Crippen molar-refractivity contribution in [2.24, 2.45) is 13.0 Å². The van der Waals surface area contributed by atoms with E-state index in [0.29, 0.717) is 12.2 Å². The fourth-order valence-electron chi connectivity index (χ4n) is 3.74. The lowest BCUT2D eigenvalue weighted by atomic mass is 9.96. The number of aryl methyl sites for hydroxylation is 1. The van der Waals surface area contributed by atoms with Gasteiger partial charge in [-0.1, -0.05) is 12.1 Å². The molecule has 1 aliphatic rings. The van der Waals surface area contributed by atoms with E-state index in [1.807, 2.05) is 48.3 Å². The van der Waals surface area contributed by atoms with Crippen LogP contribution in [0.4, 0.5) is 5.69 Å². The number of carbonyl (C=O) groups is 2. The van der Waals surface area contributed by atoms with Crippen molar-refractivity contribution >= 4 is 17.5 Å². The number of imidazole rings is 1. The Morgan fingerprint density at radius 1 is 1.16 bits per heavy atom. The first-order valence-corrected chi connectivity index (χ1v) is 10.5. The number of hydrogen-bond acceptors (Lipinski definition) is 5. The van der Waals surface area contributed by atoms with E-state index >= 15 is 0 Å². The number of benzene rings is 1. The van der Waals surface area contributed by atoms with Crippen molar-refractivity contribution in [2.75, 3.05) is 18.4 Å². The van der Waals surface area contributed by atoms with E-state index in [9.17, 15) is 9.59 Å². The largest absolute Gasteiger partial charge is 0.459 e. The first-order chi connectivity index (χ1) is 15.1. The summed E-state index contributed by atoms with van der Waals surface area (Å²) in [7, 11) is 2.00. The van der Waals surface area contributed by atoms with Crippen molar-refractivity contribution in [1.29, 1.82) is 0 Å². The van der Waals surface area contributed by atoms with E-state index in [1.165, 1.54) is 6.26 Å². The maximum absolute atomic E-state index is 12.6. The van der Waals surface area contributed by atoms with Crippen LogP contribution in [0.1, 0.15) is 34.8 Å². The zero-order chi connectivity index (χ0) is 21.6. The molecule has 3 aromatic rings. The molecule has 1 fully saturated rings. The van der Waals surface area contributed by atoms with Crippen molar-refractivity contribution in [3.8, 4) is 0 Å². The molecular formula is C23H27N5O3. The highest BCUT2D eigenvalue weighted by atomic mass is 16.3. The van der Waals surface area contributed by atoms with Crippen molar-refractivity contribution in [3.63, 3.8) is 0 Å². The molecule has 4 rings (SSSR count). The number of aromatic nitrogens is 2. The summed E-state index contributed by atoms with van der Waals surface area (Å²) < 4.78 is 7.12. The van der Waals surface area contributed by atoms with E-state index in [4.69, 9.17) is 4.42 Å². The molecule has 0 radical (unpaired) electrons. The Kier molecular flexibility index (Phi) is 6.47. The number of rotatable bonds is 7. The summed E-state index contributed by atoms with van der Waals surface area (Å²) in [5.74, 6) is 1.17. The monoisotopic (exact) mass is 421 g/mol. The van der Waals surface area contributed by atoms with Crippen LogP contribution in [0.5, 0.6) is 0 Å². The SMILES string of the molecule is Cn1ccnc1CN1CCC(C(=O)NCc2ccc(NC(=O)c3ccco3)cc2)CC1. The van der Waals surface area contributed by atoms with Gasteiger partial charge in [-0.05, 0) is 55.8 Å². The molecular weight excluding hydrogens is 394 g/mol. The van der Waals surface area contributed by atoms with Crippen molar-refractivity contribution in [1.82, 2.24) is 19.8 Å². The summed E-state index contributed by atoms with van der Waals surface area (Å²) in [6, 6.07) is 10.7. The van der Waals surface area contributed by atoms with E-state index in [-0.39, 0.29) is 23.5 Å². The van der Waals surface area contributed by atoms with Crippen molar-refractivity contribution < 1.29 is 14.0 Å². The maximum Gasteiger partial charge on any atom is 0.291 e. The highest BCUT2D eigenvalue weighted by molar-refractivity contribution is 6.02. The van der Waals surface area contributed by atoms with E-state index < -0.39 is 0 Å². The predicted octanol–water partition coefficient (Wildman–Crippen LogP) is 2.79. The molecule has 0 atom stereocenters. The third kappa shape index (κ3) is 5.40. The molecule has 0 spiro atoms. The van der Waals surface area contributed by atoms with E-state index in [1.54, 1.807) is 12.1 Å². The van der Waals surface area contributed by atoms with Crippen LogP contribution in [0, 0.1) is 5.92 Å². The first-order valence-electron chi connectivity index (χ1n) is 10.5. The standard InChI is InChI=1S/C23H27N5O3/c1-27-13-10-24-21(27)16-28-11-8-18(9-12-28)22(29)25-15-17-4-6-19(7-5-17)26-23(30)20-3-2-14-31-20/h2-7,10,13-14,18H,8-9,11-12,15-16H2,1H3,(H,25,29)(H,26,30). The normalized spacial score (nSPS) is 15.0. The predicted molar refractivity (Wildman–Crippen MR) is 116 cm³/mol. The molecule has 1 saturated heterocycles. The fraction of sp³-hybridized carbons (Fsp3) is 0.348. The second kappa shape index (κ2) is 9.61. The average molecular weight is 422 g/mol. The number of nitrogens with zero attached hydrogens (tertiary/aromatic N) is 3. The summed E-state index contributed by atoms with van der Waals surface area (Å²) in [6.07, 6.45) is 6.94. The number of hydrogen-bond donors (Lipinski definition) is 2. The molecule has 0 bridgehead atoms. The van der Waals surface area contributed by atoms with E-state index in [2.05, 4.69) is 20.5 Å². The van der Waals surface area contributed by atoms with Crippen molar-refractivity contribution in [3.05, 3.63) is 72.2 Å². The van der Waals surface area contributed by atoms with Crippen molar-refractivity contribution in [2.45, 2.75) is 25.9 Å². The average Bonchev–Trinajstić information content (AvgIpc) is 3.46. The molecule has 1 aromatic carbocycles. The van der Waals surface area contributed by atoms with E-state index in [0.717, 1.165) is 43.9 Å². The van der Waals surface area contributed by atoms with Crippen LogP contribution in [-0.2, 0) is 24.9 Å². The van der Waals surface area contributed by atoms with Gasteiger partial charge in [-0.25, -0.2) is 4.98 Å². The highest BCUT2D eigenvalue weighted by Crippen LogP contribution is 2.19. The van der Waals surface area contributed by atoms with Gasteiger partial charge in [-0.15, -0.1) is 0 Å². The minimum absolute atomic E-state index is 0.0458. The third-order valence-electron chi connectivity index (χ3n) is 5.67. The Bertz CT molecular complexity index is 1000. The van der Waals surface area contributed by atoms with Gasteiger partial charge < -0.3 is 19.6 Å². The molecule has 0 saturated carbocycles. The molecule has 2 aromatic heterocycles. The molecule has 162 valence electrons. The van der Waals surface area contributed by atoms with Gasteiger partial charge in [-0.2, -0.15) is 0 Å². The Balaban J connectivity index is 1.20. The van der Waals surface area contributed by atoms with Gasteiger partial charge in [0.2, 0.25) is 5.91 Å². The number of nitrogens with one attached hydrogen (secondary N) is 2. The van der Waals surface area contributed by atoms with Crippen LogP contribution in [-0.4, -0.2) is 39.4 Å². The topological polar surface area (TPSA) is 92.4 Å². The number of furan rings is 1. The Labute approximate surface area is 181 Å². The van der Waals surface area contributed by atoms with Gasteiger partial charge in [0, 0.05) is 37.6 Å². The number of amides is 2. The second-order valence-electron chi connectivity index (χ2n) is 7.85. The minimum Gasteiger partial charge on any atom is -0.459 e. The molecule has 8 nitrogen and oxygen atoms in total. The molecule has 0 aliphatic carbocycles. The summed E-state index contributed by atoms with van der Waals surface area (Å²) >= 11 is 0. The van der Waals surface area contributed by atoms with Crippen LogP contribution in [0.15, 0.2) is 59.5 Å². The molecule has 31 heavy (non-hydrogen) atoms. The lowest BCUT2D eigenvalue weighted by Gasteiger charge is -2.31. The lowest BCUT2D eigenvalue weighted by molar-refractivity contribution is -0.126. The van der Waals surface area contributed by atoms with Crippen LogP contribution in [0.3, 0.4) is 0 Å². The number of likely N-dealkylation sites (tertiary alicyclic amines) is 1. The molecule has 2 amide bonds. The smallest absolute Gasteiger partial charge is 0.291 e. The number of anilines is 1. The molecule has 3 heterocycles. The highest BCUT2D eigenvalue weighted by Gasteiger charge is 2.25. The second-order valence-corrected chi connectivity index (χ2v) is 7.85. The van der Waals surface area contributed by atoms with Crippen LogP contribution in [0.2, 0.25) is 0 Å². The van der Waals surface area contributed by atoms with Gasteiger partial charge in [-0.3, -0.25) is 14.5 Å². The number of carbonyl (C=O) groups excluding carboxylic acids is 2. The summed E-state index contributed by atoms with van der Waals surface area (Å²) in [6.45, 7) is 3.09. The van der Waals surface area contributed by atoms with Gasteiger partial charge >= 0.3 is 0 Å². The Morgan fingerprint density at radius 3 is 2.58 bits per heavy atom. The number of piperidine rings is 1. The zero-order valence-electron chi connectivity index (χ0n) is 17.6. The summed E-state index contributed by atoms with van der Waals surface area (Å²) in [5, 5.41) is 5.83.